The zero-order valence-corrected chi connectivity index (χ0v) is 9.19. The maximum atomic E-state index is 8.56. The van der Waals surface area contributed by atoms with Gasteiger partial charge in [-0.05, 0) is 26.7 Å². The van der Waals surface area contributed by atoms with E-state index in [1.807, 2.05) is 13.8 Å². The Labute approximate surface area is 84.6 Å². The van der Waals surface area contributed by atoms with Crippen molar-refractivity contribution >= 4 is 6.16 Å². The fourth-order valence-electron chi connectivity index (χ4n) is 0.326. The third kappa shape index (κ3) is 17.3. The van der Waals surface area contributed by atoms with Crippen LogP contribution in [0.3, 0.4) is 0 Å². The average Bonchev–Trinajstić information content (AvgIpc) is 2.12. The van der Waals surface area contributed by atoms with E-state index in [1.165, 1.54) is 0 Å². The lowest BCUT2D eigenvalue weighted by atomic mass is 10.3. The van der Waals surface area contributed by atoms with Crippen LogP contribution in [0.15, 0.2) is 0 Å². The van der Waals surface area contributed by atoms with Gasteiger partial charge in [0.15, 0.2) is 0 Å². The summed E-state index contributed by atoms with van der Waals surface area (Å²) in [4.78, 5) is 18.6. The Morgan fingerprint density at radius 1 is 1.07 bits per heavy atom. The maximum Gasteiger partial charge on any atom is 0.503 e. The molecule has 2 atom stereocenters. The zero-order valence-electron chi connectivity index (χ0n) is 9.19. The van der Waals surface area contributed by atoms with Crippen molar-refractivity contribution in [1.29, 1.82) is 0 Å². The molecule has 0 bridgehead atoms. The van der Waals surface area contributed by atoms with Crippen LogP contribution in [0.5, 0.6) is 0 Å². The van der Waals surface area contributed by atoms with Crippen molar-refractivity contribution in [3.63, 3.8) is 0 Å². The Morgan fingerprint density at radius 2 is 1.29 bits per heavy atom. The summed E-state index contributed by atoms with van der Waals surface area (Å²) >= 11 is 0. The van der Waals surface area contributed by atoms with Gasteiger partial charge in [0.2, 0.25) is 0 Å². The Balaban J connectivity index is 0. The third-order valence-corrected chi connectivity index (χ3v) is 1.53. The molecule has 0 aliphatic rings. The number of carbonyl (C=O) groups is 1. The molecule has 0 saturated carbocycles. The minimum atomic E-state index is -1.83. The van der Waals surface area contributed by atoms with E-state index in [-0.39, 0.29) is 12.2 Å². The van der Waals surface area contributed by atoms with Gasteiger partial charge in [0.25, 0.3) is 0 Å². The van der Waals surface area contributed by atoms with Crippen LogP contribution in [0.4, 0.5) is 4.79 Å². The minimum absolute atomic E-state index is 0.217. The van der Waals surface area contributed by atoms with E-state index in [4.69, 9.17) is 24.8 Å². The molecule has 86 valence electrons. The van der Waals surface area contributed by atoms with E-state index in [1.54, 1.807) is 0 Å². The monoisotopic (exact) mass is 208 g/mol. The van der Waals surface area contributed by atoms with Crippen LogP contribution in [0.1, 0.15) is 40.5 Å². The molecule has 0 aliphatic heterocycles. The van der Waals surface area contributed by atoms with Crippen molar-refractivity contribution in [2.45, 2.75) is 52.7 Å². The smallest absolute Gasteiger partial charge is 0.450 e. The number of hydrogen-bond acceptors (Lipinski definition) is 3. The number of hydrogen-bond donors (Lipinski definition) is 2. The molecule has 2 N–H and O–H groups in total. The summed E-state index contributed by atoms with van der Waals surface area (Å²) in [6.45, 7) is 8.15. The normalized spacial score (nSPS) is 13.7. The molecule has 0 rings (SSSR count). The van der Waals surface area contributed by atoms with Crippen LogP contribution in [-0.4, -0.2) is 28.6 Å². The first-order chi connectivity index (χ1) is 6.43. The summed E-state index contributed by atoms with van der Waals surface area (Å²) in [7, 11) is 0. The molecule has 5 heteroatoms. The molecule has 14 heavy (non-hydrogen) atoms. The largest absolute Gasteiger partial charge is 0.503 e. The summed E-state index contributed by atoms with van der Waals surface area (Å²) in [6.07, 6.45) is 0.593. The Bertz CT molecular complexity index is 123. The molecular weight excluding hydrogens is 188 g/mol. The van der Waals surface area contributed by atoms with Gasteiger partial charge in [0.1, 0.15) is 0 Å². The lowest BCUT2D eigenvalue weighted by Gasteiger charge is -2.13. The van der Waals surface area contributed by atoms with Crippen LogP contribution in [-0.2, 0) is 9.78 Å². The van der Waals surface area contributed by atoms with Crippen molar-refractivity contribution in [2.24, 2.45) is 0 Å². The summed E-state index contributed by atoms with van der Waals surface area (Å²) in [6, 6.07) is 0. The van der Waals surface area contributed by atoms with E-state index in [0.29, 0.717) is 0 Å². The second-order valence-corrected chi connectivity index (χ2v) is 2.91. The summed E-state index contributed by atoms with van der Waals surface area (Å²) < 4.78 is 0. The first kappa shape index (κ1) is 15.7. The van der Waals surface area contributed by atoms with Crippen molar-refractivity contribution in [1.82, 2.24) is 0 Å². The summed E-state index contributed by atoms with van der Waals surface area (Å²) in [5, 5.41) is 13.9. The van der Waals surface area contributed by atoms with Crippen LogP contribution >= 0.6 is 0 Å². The molecule has 0 heterocycles. The van der Waals surface area contributed by atoms with Crippen LogP contribution in [0.25, 0.3) is 0 Å². The maximum absolute atomic E-state index is 8.56. The molecule has 0 saturated heterocycles. The van der Waals surface area contributed by atoms with E-state index >= 15 is 0 Å². The average molecular weight is 208 g/mol. The Kier molecular flexibility index (Phi) is 11.5. The van der Waals surface area contributed by atoms with E-state index in [0.717, 1.165) is 12.8 Å². The van der Waals surface area contributed by atoms with Crippen LogP contribution in [0.2, 0.25) is 0 Å². The second kappa shape index (κ2) is 10.3. The van der Waals surface area contributed by atoms with Gasteiger partial charge in [-0.15, -0.1) is 0 Å². The first-order valence-electron chi connectivity index (χ1n) is 4.67. The molecule has 0 aliphatic carbocycles. The van der Waals surface area contributed by atoms with Crippen molar-refractivity contribution in [3.05, 3.63) is 0 Å². The van der Waals surface area contributed by atoms with Gasteiger partial charge < -0.3 is 10.2 Å². The first-order valence-corrected chi connectivity index (χ1v) is 4.67. The molecule has 0 radical (unpaired) electrons. The number of rotatable bonds is 5. The van der Waals surface area contributed by atoms with Crippen LogP contribution in [0, 0.1) is 0 Å². The predicted molar refractivity (Wildman–Crippen MR) is 52.3 cm³/mol. The minimum Gasteiger partial charge on any atom is -0.450 e. The van der Waals surface area contributed by atoms with Gasteiger partial charge in [0, 0.05) is 0 Å². The van der Waals surface area contributed by atoms with E-state index in [9.17, 15) is 0 Å². The van der Waals surface area contributed by atoms with Crippen molar-refractivity contribution < 1.29 is 24.8 Å². The molecule has 5 nitrogen and oxygen atoms in total. The highest BCUT2D eigenvalue weighted by atomic mass is 17.2. The fraction of sp³-hybridized carbons (Fsp3) is 0.889. The van der Waals surface area contributed by atoms with Crippen molar-refractivity contribution in [3.8, 4) is 0 Å². The molecule has 0 aromatic rings. The van der Waals surface area contributed by atoms with E-state index < -0.39 is 6.16 Å². The highest BCUT2D eigenvalue weighted by Crippen LogP contribution is 2.02. The zero-order chi connectivity index (χ0) is 11.6. The van der Waals surface area contributed by atoms with Crippen molar-refractivity contribution in [2.75, 3.05) is 0 Å². The second-order valence-electron chi connectivity index (χ2n) is 2.91. The van der Waals surface area contributed by atoms with Gasteiger partial charge in [-0.25, -0.2) is 14.6 Å². The molecule has 2 unspecified atom stereocenters. The number of carboxylic acid groups (broad SMARTS) is 2. The molecule has 0 fully saturated rings. The fourth-order valence-corrected chi connectivity index (χ4v) is 0.326. The Morgan fingerprint density at radius 3 is 1.43 bits per heavy atom. The highest BCUT2D eigenvalue weighted by Gasteiger charge is 2.02. The van der Waals surface area contributed by atoms with Gasteiger partial charge in [-0.3, -0.25) is 0 Å². The highest BCUT2D eigenvalue weighted by molar-refractivity contribution is 5.53. The van der Waals surface area contributed by atoms with Gasteiger partial charge in [0.05, 0.1) is 12.2 Å². The lowest BCUT2D eigenvalue weighted by molar-refractivity contribution is -0.344. The lowest BCUT2D eigenvalue weighted by Crippen LogP contribution is -2.13. The topological polar surface area (TPSA) is 76.0 Å². The van der Waals surface area contributed by atoms with Crippen LogP contribution < -0.4 is 0 Å². The quantitative estimate of drug-likeness (QED) is 0.536. The molecular formula is C9H20O5. The summed E-state index contributed by atoms with van der Waals surface area (Å²) in [5.74, 6) is 0. The van der Waals surface area contributed by atoms with Gasteiger partial charge in [-0.1, -0.05) is 13.8 Å². The molecule has 0 aromatic carbocycles. The van der Waals surface area contributed by atoms with E-state index in [2.05, 4.69) is 13.8 Å². The predicted octanol–water partition coefficient (Wildman–Crippen LogP) is 2.75. The molecule has 0 amide bonds. The third-order valence-electron chi connectivity index (χ3n) is 1.53. The molecule has 0 aromatic heterocycles. The Hall–Kier alpha value is -0.810. The molecule has 0 spiro atoms. The SMILES string of the molecule is CCC(C)OOC(C)CC.O=C(O)O. The van der Waals surface area contributed by atoms with Gasteiger partial charge in [-0.2, -0.15) is 0 Å². The van der Waals surface area contributed by atoms with Gasteiger partial charge >= 0.3 is 6.16 Å². The standard InChI is InChI=1S/C8H18O2.CH2O3/c1-5-7(3)9-10-8(4)6-2;2-1(3)4/h7-8H,5-6H2,1-4H3;(H2,2,3,4). The summed E-state index contributed by atoms with van der Waals surface area (Å²) in [5.41, 5.74) is 0.